The lowest BCUT2D eigenvalue weighted by atomic mass is 10.1. The lowest BCUT2D eigenvalue weighted by Crippen LogP contribution is -2.22. The Morgan fingerprint density at radius 1 is 1.04 bits per heavy atom. The van der Waals surface area contributed by atoms with E-state index in [1.54, 1.807) is 18.2 Å². The van der Waals surface area contributed by atoms with Gasteiger partial charge in [0.2, 0.25) is 5.89 Å². The van der Waals surface area contributed by atoms with Crippen molar-refractivity contribution < 1.29 is 23.1 Å². The zero-order valence-electron chi connectivity index (χ0n) is 13.5. The summed E-state index contributed by atoms with van der Waals surface area (Å²) in [4.78, 5) is 23.5. The van der Waals surface area contributed by atoms with Gasteiger partial charge in [0, 0.05) is 5.56 Å². The Bertz CT molecular complexity index is 912. The number of hydrogen-bond acceptors (Lipinski definition) is 6. The van der Waals surface area contributed by atoms with E-state index >= 15 is 0 Å². The highest BCUT2D eigenvalue weighted by atomic mass is 19.1. The highest BCUT2D eigenvalue weighted by Crippen LogP contribution is 2.18. The fourth-order valence-electron chi connectivity index (χ4n) is 2.12. The van der Waals surface area contributed by atoms with Crippen LogP contribution in [0, 0.1) is 5.82 Å². The molecule has 1 aromatic heterocycles. The maximum Gasteiger partial charge on any atom is 0.322 e. The highest BCUT2D eigenvalue weighted by Gasteiger charge is 2.14. The number of hydrogen-bond donors (Lipinski definition) is 1. The first-order valence-corrected chi connectivity index (χ1v) is 7.69. The van der Waals surface area contributed by atoms with Gasteiger partial charge in [0.15, 0.2) is 6.61 Å². The monoisotopic (exact) mass is 355 g/mol. The van der Waals surface area contributed by atoms with E-state index < -0.39 is 24.3 Å². The van der Waals surface area contributed by atoms with Crippen LogP contribution in [0.2, 0.25) is 0 Å². The number of esters is 1. The van der Waals surface area contributed by atoms with Crippen LogP contribution in [0.3, 0.4) is 0 Å². The molecule has 3 aromatic rings. The molecule has 0 bridgehead atoms. The molecule has 7 nitrogen and oxygen atoms in total. The number of nitrogens with one attached hydrogen (secondary N) is 1. The van der Waals surface area contributed by atoms with Crippen molar-refractivity contribution in [2.24, 2.45) is 0 Å². The van der Waals surface area contributed by atoms with Crippen LogP contribution in [-0.4, -0.2) is 28.7 Å². The number of anilines is 1. The summed E-state index contributed by atoms with van der Waals surface area (Å²) in [5.74, 6) is -1.62. The minimum atomic E-state index is -0.722. The summed E-state index contributed by atoms with van der Waals surface area (Å²) < 4.78 is 23.6. The van der Waals surface area contributed by atoms with Gasteiger partial charge in [-0.3, -0.25) is 14.9 Å². The zero-order valence-corrected chi connectivity index (χ0v) is 13.5. The normalized spacial score (nSPS) is 10.3. The maximum absolute atomic E-state index is 13.5. The van der Waals surface area contributed by atoms with E-state index in [-0.39, 0.29) is 23.9 Å². The van der Waals surface area contributed by atoms with Crippen LogP contribution in [-0.2, 0) is 20.7 Å². The standard InChI is InChI=1S/C18H14FN3O4/c19-14-9-5-4-8-13(14)10-16(24)25-11-15(23)20-18-22-21-17(26-18)12-6-2-1-3-7-12/h1-9H,10-11H2,(H,20,22,23). The first-order valence-electron chi connectivity index (χ1n) is 7.69. The van der Waals surface area contributed by atoms with Crippen LogP contribution >= 0.6 is 0 Å². The second-order valence-electron chi connectivity index (χ2n) is 5.26. The van der Waals surface area contributed by atoms with Gasteiger partial charge in [-0.05, 0) is 23.8 Å². The third-order valence-corrected chi connectivity index (χ3v) is 3.35. The number of ether oxygens (including phenoxy) is 1. The largest absolute Gasteiger partial charge is 0.455 e. The fourth-order valence-corrected chi connectivity index (χ4v) is 2.12. The predicted molar refractivity (Wildman–Crippen MR) is 89.4 cm³/mol. The summed E-state index contributed by atoms with van der Waals surface area (Å²) in [6.07, 6.45) is -0.265. The quantitative estimate of drug-likeness (QED) is 0.683. The molecule has 1 heterocycles. The second kappa shape index (κ2) is 8.02. The smallest absolute Gasteiger partial charge is 0.322 e. The van der Waals surface area contributed by atoms with Gasteiger partial charge in [-0.15, -0.1) is 5.10 Å². The molecule has 0 aliphatic rings. The SMILES string of the molecule is O=C(COC(=O)Cc1ccccc1F)Nc1nnc(-c2ccccc2)o1. The summed E-state index contributed by atoms with van der Waals surface area (Å²) in [6, 6.07) is 14.8. The summed E-state index contributed by atoms with van der Waals surface area (Å²) in [6.45, 7) is -0.545. The molecule has 1 N–H and O–H groups in total. The lowest BCUT2D eigenvalue weighted by molar-refractivity contribution is -0.146. The van der Waals surface area contributed by atoms with Crippen molar-refractivity contribution in [2.45, 2.75) is 6.42 Å². The van der Waals surface area contributed by atoms with Gasteiger partial charge in [-0.25, -0.2) is 4.39 Å². The third kappa shape index (κ3) is 4.50. The van der Waals surface area contributed by atoms with Crippen LogP contribution in [0.5, 0.6) is 0 Å². The van der Waals surface area contributed by atoms with E-state index in [2.05, 4.69) is 15.5 Å². The zero-order chi connectivity index (χ0) is 18.4. The Balaban J connectivity index is 1.49. The highest BCUT2D eigenvalue weighted by molar-refractivity contribution is 5.91. The molecular weight excluding hydrogens is 341 g/mol. The molecule has 0 spiro atoms. The summed E-state index contributed by atoms with van der Waals surface area (Å²) >= 11 is 0. The Morgan fingerprint density at radius 3 is 2.54 bits per heavy atom. The first-order chi connectivity index (χ1) is 12.6. The number of carbonyl (C=O) groups excluding carboxylic acids is 2. The molecule has 0 aliphatic carbocycles. The van der Waals surface area contributed by atoms with Crippen molar-refractivity contribution in [1.82, 2.24) is 10.2 Å². The van der Waals surface area contributed by atoms with Gasteiger partial charge in [0.25, 0.3) is 5.91 Å². The molecule has 1 amide bonds. The van der Waals surface area contributed by atoms with Crippen LogP contribution in [0.1, 0.15) is 5.56 Å². The van der Waals surface area contributed by atoms with Gasteiger partial charge in [0.05, 0.1) is 6.42 Å². The molecule has 26 heavy (non-hydrogen) atoms. The number of nitrogens with zero attached hydrogens (tertiary/aromatic N) is 2. The van der Waals surface area contributed by atoms with Crippen molar-refractivity contribution in [3.63, 3.8) is 0 Å². The van der Waals surface area contributed by atoms with Crippen LogP contribution in [0.4, 0.5) is 10.4 Å². The average molecular weight is 355 g/mol. The van der Waals surface area contributed by atoms with Gasteiger partial charge in [-0.2, -0.15) is 0 Å². The molecule has 132 valence electrons. The van der Waals surface area contributed by atoms with E-state index in [1.807, 2.05) is 18.2 Å². The molecular formula is C18H14FN3O4. The predicted octanol–water partition coefficient (Wildman–Crippen LogP) is 2.60. The first kappa shape index (κ1) is 17.3. The summed E-state index contributed by atoms with van der Waals surface area (Å²) in [7, 11) is 0. The number of amides is 1. The minimum Gasteiger partial charge on any atom is -0.455 e. The molecule has 2 aromatic carbocycles. The van der Waals surface area contributed by atoms with Gasteiger partial charge in [0.1, 0.15) is 5.82 Å². The van der Waals surface area contributed by atoms with Crippen LogP contribution < -0.4 is 5.32 Å². The molecule has 0 unspecified atom stereocenters. The maximum atomic E-state index is 13.5. The molecule has 3 rings (SSSR count). The summed E-state index contributed by atoms with van der Waals surface area (Å²) in [5.41, 5.74) is 0.902. The van der Waals surface area contributed by atoms with Crippen LogP contribution in [0.15, 0.2) is 59.0 Å². The lowest BCUT2D eigenvalue weighted by Gasteiger charge is -2.05. The van der Waals surface area contributed by atoms with E-state index in [0.717, 1.165) is 0 Å². The molecule has 0 saturated carbocycles. The third-order valence-electron chi connectivity index (χ3n) is 3.35. The Morgan fingerprint density at radius 2 is 1.77 bits per heavy atom. The second-order valence-corrected chi connectivity index (χ2v) is 5.26. The van der Waals surface area contributed by atoms with Crippen molar-refractivity contribution in [1.29, 1.82) is 0 Å². The van der Waals surface area contributed by atoms with Gasteiger partial charge in [-0.1, -0.05) is 41.5 Å². The summed E-state index contributed by atoms with van der Waals surface area (Å²) in [5, 5.41) is 9.85. The molecule has 8 heteroatoms. The Hall–Kier alpha value is -3.55. The van der Waals surface area contributed by atoms with Crippen molar-refractivity contribution in [3.05, 3.63) is 66.0 Å². The van der Waals surface area contributed by atoms with E-state index in [1.165, 1.54) is 18.2 Å². The average Bonchev–Trinajstić information content (AvgIpc) is 3.11. The number of rotatable bonds is 6. The van der Waals surface area contributed by atoms with Crippen LogP contribution in [0.25, 0.3) is 11.5 Å². The number of halogens is 1. The molecule has 0 radical (unpaired) electrons. The molecule has 0 aliphatic heterocycles. The molecule has 0 fully saturated rings. The minimum absolute atomic E-state index is 0.112. The number of aromatic nitrogens is 2. The van der Waals surface area contributed by atoms with E-state index in [9.17, 15) is 14.0 Å². The molecule has 0 atom stereocenters. The number of carbonyl (C=O) groups is 2. The molecule has 0 saturated heterocycles. The fraction of sp³-hybridized carbons (Fsp3) is 0.111. The topological polar surface area (TPSA) is 94.3 Å². The van der Waals surface area contributed by atoms with E-state index in [0.29, 0.717) is 5.56 Å². The van der Waals surface area contributed by atoms with Gasteiger partial charge < -0.3 is 9.15 Å². The van der Waals surface area contributed by atoms with Crippen molar-refractivity contribution >= 4 is 17.9 Å². The number of benzene rings is 2. The van der Waals surface area contributed by atoms with Crippen molar-refractivity contribution in [2.75, 3.05) is 11.9 Å². The van der Waals surface area contributed by atoms with Crippen molar-refractivity contribution in [3.8, 4) is 11.5 Å². The Kier molecular flexibility index (Phi) is 5.33. The Labute approximate surface area is 147 Å². The van der Waals surface area contributed by atoms with Gasteiger partial charge >= 0.3 is 12.0 Å². The van der Waals surface area contributed by atoms with E-state index in [4.69, 9.17) is 9.15 Å².